The molecule has 2 unspecified atom stereocenters. The fourth-order valence-electron chi connectivity index (χ4n) is 2.80. The van der Waals surface area contributed by atoms with Crippen LogP contribution < -0.4 is 0 Å². The molecule has 1 aromatic rings. The van der Waals surface area contributed by atoms with Crippen molar-refractivity contribution in [3.63, 3.8) is 0 Å². The number of urea groups is 1. The number of aliphatic carboxylic acids is 1. The van der Waals surface area contributed by atoms with Gasteiger partial charge in [-0.3, -0.25) is 4.79 Å². The van der Waals surface area contributed by atoms with Crippen molar-refractivity contribution in [2.75, 3.05) is 0 Å². The molecule has 1 N–H and O–H groups in total. The second-order valence-corrected chi connectivity index (χ2v) is 6.31. The maximum atomic E-state index is 12.6. The Labute approximate surface area is 135 Å². The van der Waals surface area contributed by atoms with Crippen LogP contribution in [0.15, 0.2) is 24.3 Å². The van der Waals surface area contributed by atoms with Crippen LogP contribution in [0.2, 0.25) is 0 Å². The zero-order valence-corrected chi connectivity index (χ0v) is 13.8. The molecule has 1 aliphatic heterocycles. The van der Waals surface area contributed by atoms with Crippen LogP contribution in [0.25, 0.3) is 0 Å². The normalized spacial score (nSPS) is 19.6. The number of carboxylic acids is 1. The molecule has 0 spiro atoms. The third kappa shape index (κ3) is 3.21. The van der Waals surface area contributed by atoms with E-state index in [1.165, 1.54) is 11.8 Å². The Bertz CT molecular complexity index is 624. The van der Waals surface area contributed by atoms with Crippen molar-refractivity contribution < 1.29 is 19.5 Å². The van der Waals surface area contributed by atoms with E-state index in [4.69, 9.17) is 5.11 Å². The monoisotopic (exact) mass is 318 g/mol. The minimum Gasteiger partial charge on any atom is -0.480 e. The number of imide groups is 1. The molecule has 6 nitrogen and oxygen atoms in total. The molecule has 0 radical (unpaired) electrons. The summed E-state index contributed by atoms with van der Waals surface area (Å²) in [7, 11) is 0. The van der Waals surface area contributed by atoms with Crippen LogP contribution in [0.5, 0.6) is 0 Å². The highest BCUT2D eigenvalue weighted by molar-refractivity contribution is 6.06. The van der Waals surface area contributed by atoms with Gasteiger partial charge >= 0.3 is 12.0 Å². The molecule has 1 aliphatic rings. The first-order valence-electron chi connectivity index (χ1n) is 7.66. The van der Waals surface area contributed by atoms with Crippen molar-refractivity contribution >= 4 is 17.9 Å². The highest BCUT2D eigenvalue weighted by Gasteiger charge is 2.49. The summed E-state index contributed by atoms with van der Waals surface area (Å²) in [6, 6.07) is 5.37. The summed E-state index contributed by atoms with van der Waals surface area (Å²) in [4.78, 5) is 38.7. The minimum absolute atomic E-state index is 0.0945. The van der Waals surface area contributed by atoms with Crippen LogP contribution in [-0.2, 0) is 16.1 Å². The first-order chi connectivity index (χ1) is 10.7. The molecule has 23 heavy (non-hydrogen) atoms. The lowest BCUT2D eigenvalue weighted by molar-refractivity contribution is -0.146. The van der Waals surface area contributed by atoms with Crippen molar-refractivity contribution in [3.8, 4) is 0 Å². The third-order valence-corrected chi connectivity index (χ3v) is 4.13. The van der Waals surface area contributed by atoms with Crippen molar-refractivity contribution in [1.29, 1.82) is 0 Å². The van der Waals surface area contributed by atoms with Crippen LogP contribution in [0.3, 0.4) is 0 Å². The third-order valence-electron chi connectivity index (χ3n) is 4.13. The average molecular weight is 318 g/mol. The van der Waals surface area contributed by atoms with Crippen molar-refractivity contribution in [2.24, 2.45) is 5.92 Å². The lowest BCUT2D eigenvalue weighted by atomic mass is 10.0. The predicted molar refractivity (Wildman–Crippen MR) is 84.7 cm³/mol. The van der Waals surface area contributed by atoms with Crippen molar-refractivity contribution in [3.05, 3.63) is 35.4 Å². The predicted octanol–water partition coefficient (Wildman–Crippen LogP) is 2.26. The van der Waals surface area contributed by atoms with Gasteiger partial charge in [0.2, 0.25) is 0 Å². The summed E-state index contributed by atoms with van der Waals surface area (Å²) in [5.41, 5.74) is 2.02. The highest BCUT2D eigenvalue weighted by Crippen LogP contribution is 2.27. The largest absolute Gasteiger partial charge is 0.480 e. The molecule has 2 atom stereocenters. The van der Waals surface area contributed by atoms with Gasteiger partial charge in [0.25, 0.3) is 5.91 Å². The fraction of sp³-hybridized carbons (Fsp3) is 0.471. The van der Waals surface area contributed by atoms with Gasteiger partial charge in [-0.05, 0) is 25.3 Å². The number of carbonyl (C=O) groups excluding carboxylic acids is 2. The molecule has 1 heterocycles. The summed E-state index contributed by atoms with van der Waals surface area (Å²) in [6.07, 6.45) is 0. The number of benzene rings is 1. The van der Waals surface area contributed by atoms with E-state index < -0.39 is 30.0 Å². The van der Waals surface area contributed by atoms with Crippen LogP contribution in [0, 0.1) is 12.8 Å². The fourth-order valence-corrected chi connectivity index (χ4v) is 2.80. The number of aryl methyl sites for hydroxylation is 1. The Morgan fingerprint density at radius 2 is 1.74 bits per heavy atom. The van der Waals surface area contributed by atoms with Gasteiger partial charge < -0.3 is 10.0 Å². The molecule has 0 bridgehead atoms. The quantitative estimate of drug-likeness (QED) is 0.845. The van der Waals surface area contributed by atoms with E-state index in [-0.39, 0.29) is 12.5 Å². The molecule has 6 heteroatoms. The van der Waals surface area contributed by atoms with E-state index in [2.05, 4.69) is 0 Å². The number of carboxylic acid groups (broad SMARTS) is 1. The molecule has 1 saturated heterocycles. The molecule has 1 aromatic carbocycles. The van der Waals surface area contributed by atoms with Gasteiger partial charge in [0.1, 0.15) is 12.1 Å². The van der Waals surface area contributed by atoms with Gasteiger partial charge in [-0.2, -0.15) is 0 Å². The van der Waals surface area contributed by atoms with Crippen LogP contribution in [-0.4, -0.2) is 44.9 Å². The Kier molecular flexibility index (Phi) is 4.73. The van der Waals surface area contributed by atoms with E-state index in [9.17, 15) is 14.4 Å². The topological polar surface area (TPSA) is 77.9 Å². The maximum Gasteiger partial charge on any atom is 0.328 e. The maximum absolute atomic E-state index is 12.6. The zero-order chi connectivity index (χ0) is 17.3. The standard InChI is InChI=1S/C17H22N2O4/c1-10(2)14-15(20)19(12(4)16(21)22)17(23)18(14)9-13-7-5-11(3)6-8-13/h5-8,10,12,14H,9H2,1-4H3,(H,21,22). The average Bonchev–Trinajstić information content (AvgIpc) is 2.71. The minimum atomic E-state index is -1.19. The summed E-state index contributed by atoms with van der Waals surface area (Å²) in [5.74, 6) is -1.72. The summed E-state index contributed by atoms with van der Waals surface area (Å²) >= 11 is 0. The zero-order valence-electron chi connectivity index (χ0n) is 13.8. The summed E-state index contributed by atoms with van der Waals surface area (Å²) in [5, 5.41) is 9.14. The number of rotatable bonds is 5. The molecule has 0 saturated carbocycles. The van der Waals surface area contributed by atoms with E-state index >= 15 is 0 Å². The first kappa shape index (κ1) is 17.0. The van der Waals surface area contributed by atoms with Gasteiger partial charge in [0, 0.05) is 6.54 Å². The number of amides is 3. The van der Waals surface area contributed by atoms with Crippen molar-refractivity contribution in [1.82, 2.24) is 9.80 Å². The number of hydrogen-bond acceptors (Lipinski definition) is 3. The first-order valence-corrected chi connectivity index (χ1v) is 7.66. The smallest absolute Gasteiger partial charge is 0.328 e. The lowest BCUT2D eigenvalue weighted by Crippen LogP contribution is -2.44. The molecular formula is C17H22N2O4. The molecule has 3 amide bonds. The van der Waals surface area contributed by atoms with E-state index in [1.807, 2.05) is 45.0 Å². The summed E-state index contributed by atoms with van der Waals surface area (Å²) in [6.45, 7) is 7.32. The Balaban J connectivity index is 2.32. The number of nitrogens with zero attached hydrogens (tertiary/aromatic N) is 2. The Morgan fingerprint density at radius 1 is 1.17 bits per heavy atom. The molecule has 2 rings (SSSR count). The van der Waals surface area contributed by atoms with Crippen LogP contribution >= 0.6 is 0 Å². The van der Waals surface area contributed by atoms with Gasteiger partial charge in [-0.1, -0.05) is 43.7 Å². The second-order valence-electron chi connectivity index (χ2n) is 6.31. The van der Waals surface area contributed by atoms with Crippen molar-refractivity contribution in [2.45, 2.75) is 46.3 Å². The van der Waals surface area contributed by atoms with E-state index in [1.54, 1.807) is 0 Å². The molecule has 1 fully saturated rings. The van der Waals surface area contributed by atoms with Crippen LogP contribution in [0.4, 0.5) is 4.79 Å². The molecular weight excluding hydrogens is 296 g/mol. The van der Waals surface area contributed by atoms with Gasteiger partial charge in [0.05, 0.1) is 0 Å². The molecule has 0 aliphatic carbocycles. The van der Waals surface area contributed by atoms with Gasteiger partial charge in [-0.25, -0.2) is 14.5 Å². The van der Waals surface area contributed by atoms with Crippen LogP contribution in [0.1, 0.15) is 31.9 Å². The highest BCUT2D eigenvalue weighted by atomic mass is 16.4. The van der Waals surface area contributed by atoms with E-state index in [0.717, 1.165) is 16.0 Å². The van der Waals surface area contributed by atoms with Gasteiger partial charge in [0.15, 0.2) is 0 Å². The SMILES string of the molecule is Cc1ccc(CN2C(=O)N(C(C)C(=O)O)C(=O)C2C(C)C)cc1. The Morgan fingerprint density at radius 3 is 2.22 bits per heavy atom. The lowest BCUT2D eigenvalue weighted by Gasteiger charge is -2.24. The number of hydrogen-bond donors (Lipinski definition) is 1. The Hall–Kier alpha value is -2.37. The molecule has 124 valence electrons. The van der Waals surface area contributed by atoms with E-state index in [0.29, 0.717) is 0 Å². The summed E-state index contributed by atoms with van der Waals surface area (Å²) < 4.78 is 0. The number of carbonyl (C=O) groups is 3. The second kappa shape index (κ2) is 6.40. The van der Waals surface area contributed by atoms with Gasteiger partial charge in [-0.15, -0.1) is 0 Å². The molecule has 0 aromatic heterocycles.